The number of amides is 2. The molecular weight excluding hydrogens is 338 g/mol. The molecule has 1 aliphatic rings. The van der Waals surface area contributed by atoms with Crippen molar-refractivity contribution in [2.75, 3.05) is 39.6 Å². The Balaban J connectivity index is 1.82. The van der Waals surface area contributed by atoms with Crippen molar-refractivity contribution in [2.45, 2.75) is 51.9 Å². The smallest absolute Gasteiger partial charge is 0.305 e. The van der Waals surface area contributed by atoms with Crippen LogP contribution in [0.15, 0.2) is 12.2 Å². The van der Waals surface area contributed by atoms with Crippen LogP contribution in [0.3, 0.4) is 0 Å². The zero-order valence-corrected chi connectivity index (χ0v) is 15.7. The molecule has 26 heavy (non-hydrogen) atoms. The van der Waals surface area contributed by atoms with Gasteiger partial charge in [0.25, 0.3) is 11.8 Å². The number of hydrogen-bond donors (Lipinski definition) is 0. The summed E-state index contributed by atoms with van der Waals surface area (Å²) in [6, 6.07) is 0. The number of ether oxygens (including phenoxy) is 3. The summed E-state index contributed by atoms with van der Waals surface area (Å²) >= 11 is 0. The Morgan fingerprint density at radius 3 is 2.12 bits per heavy atom. The van der Waals surface area contributed by atoms with Gasteiger partial charge in [0.1, 0.15) is 6.61 Å². The highest BCUT2D eigenvalue weighted by atomic mass is 16.6. The van der Waals surface area contributed by atoms with Gasteiger partial charge in [0.15, 0.2) is 0 Å². The van der Waals surface area contributed by atoms with Crippen molar-refractivity contribution in [3.8, 4) is 0 Å². The topological polar surface area (TPSA) is 82.1 Å². The molecule has 0 N–H and O–H groups in total. The van der Waals surface area contributed by atoms with E-state index < -0.39 is 0 Å². The molecule has 7 heteroatoms. The predicted octanol–water partition coefficient (Wildman–Crippen LogP) is 2.24. The molecule has 7 nitrogen and oxygen atoms in total. The van der Waals surface area contributed by atoms with Crippen molar-refractivity contribution in [1.29, 1.82) is 0 Å². The van der Waals surface area contributed by atoms with Crippen LogP contribution in [0.2, 0.25) is 0 Å². The van der Waals surface area contributed by atoms with Crippen molar-refractivity contribution >= 4 is 17.8 Å². The Morgan fingerprint density at radius 2 is 1.42 bits per heavy atom. The number of esters is 1. The van der Waals surface area contributed by atoms with Crippen LogP contribution in [-0.2, 0) is 28.6 Å². The van der Waals surface area contributed by atoms with Gasteiger partial charge in [-0.25, -0.2) is 0 Å². The second-order valence-electron chi connectivity index (χ2n) is 6.12. The van der Waals surface area contributed by atoms with E-state index in [1.807, 2.05) is 0 Å². The fourth-order valence-electron chi connectivity index (χ4n) is 2.47. The highest BCUT2D eigenvalue weighted by molar-refractivity contribution is 6.12. The number of carbonyl (C=O) groups excluding carboxylic acids is 3. The largest absolute Gasteiger partial charge is 0.463 e. The lowest BCUT2D eigenvalue weighted by atomic mass is 10.1. The van der Waals surface area contributed by atoms with Gasteiger partial charge in [-0.3, -0.25) is 19.3 Å². The fourth-order valence-corrected chi connectivity index (χ4v) is 2.47. The van der Waals surface area contributed by atoms with Crippen molar-refractivity contribution in [3.63, 3.8) is 0 Å². The van der Waals surface area contributed by atoms with Gasteiger partial charge in [-0.2, -0.15) is 0 Å². The molecule has 0 aromatic heterocycles. The Labute approximate surface area is 155 Å². The summed E-state index contributed by atoms with van der Waals surface area (Å²) < 4.78 is 15.7. The van der Waals surface area contributed by atoms with Crippen molar-refractivity contribution in [2.24, 2.45) is 0 Å². The molecule has 0 bridgehead atoms. The normalized spacial score (nSPS) is 13.7. The van der Waals surface area contributed by atoms with Crippen LogP contribution >= 0.6 is 0 Å². The van der Waals surface area contributed by atoms with Gasteiger partial charge in [0.05, 0.1) is 33.0 Å². The quantitative estimate of drug-likeness (QED) is 0.236. The molecule has 0 spiro atoms. The van der Waals surface area contributed by atoms with Gasteiger partial charge in [-0.1, -0.05) is 39.0 Å². The van der Waals surface area contributed by atoms with E-state index in [1.165, 1.54) is 37.8 Å². The van der Waals surface area contributed by atoms with Gasteiger partial charge < -0.3 is 14.2 Å². The number of carbonyl (C=O) groups is 3. The zero-order chi connectivity index (χ0) is 19.0. The van der Waals surface area contributed by atoms with E-state index in [0.717, 1.165) is 17.7 Å². The van der Waals surface area contributed by atoms with Crippen LogP contribution in [0.1, 0.15) is 51.9 Å². The van der Waals surface area contributed by atoms with Gasteiger partial charge in [0.2, 0.25) is 0 Å². The highest BCUT2D eigenvalue weighted by Gasteiger charge is 2.22. The first-order valence-electron chi connectivity index (χ1n) is 9.49. The highest BCUT2D eigenvalue weighted by Crippen LogP contribution is 2.07. The average Bonchev–Trinajstić information content (AvgIpc) is 2.95. The second-order valence-corrected chi connectivity index (χ2v) is 6.12. The second kappa shape index (κ2) is 14.4. The lowest BCUT2D eigenvalue weighted by Gasteiger charge is -2.13. The SMILES string of the molecule is CCCCCCCCC(=O)OCCOCCOCCN1C(=O)C=CC1=O. The molecule has 1 rings (SSSR count). The summed E-state index contributed by atoms with van der Waals surface area (Å²) in [7, 11) is 0. The van der Waals surface area contributed by atoms with Gasteiger partial charge in [-0.05, 0) is 6.42 Å². The van der Waals surface area contributed by atoms with Crippen LogP contribution in [0.5, 0.6) is 0 Å². The van der Waals surface area contributed by atoms with E-state index >= 15 is 0 Å². The fraction of sp³-hybridized carbons (Fsp3) is 0.737. The van der Waals surface area contributed by atoms with Crippen LogP contribution in [0.4, 0.5) is 0 Å². The molecule has 1 heterocycles. The summed E-state index contributed by atoms with van der Waals surface area (Å²) in [4.78, 5) is 35.2. The number of hydrogen-bond acceptors (Lipinski definition) is 6. The van der Waals surface area contributed by atoms with Gasteiger partial charge in [-0.15, -0.1) is 0 Å². The summed E-state index contributed by atoms with van der Waals surface area (Å²) in [6.45, 7) is 4.00. The summed E-state index contributed by atoms with van der Waals surface area (Å²) in [5.41, 5.74) is 0. The molecular formula is C19H31NO6. The molecule has 0 fully saturated rings. The molecule has 148 valence electrons. The van der Waals surface area contributed by atoms with E-state index in [1.54, 1.807) is 0 Å². The minimum atomic E-state index is -0.308. The Kier molecular flexibility index (Phi) is 12.4. The molecule has 2 amide bonds. The van der Waals surface area contributed by atoms with E-state index in [-0.39, 0.29) is 37.5 Å². The van der Waals surface area contributed by atoms with Crippen molar-refractivity contribution < 1.29 is 28.6 Å². The zero-order valence-electron chi connectivity index (χ0n) is 15.7. The van der Waals surface area contributed by atoms with Crippen molar-refractivity contribution in [3.05, 3.63) is 12.2 Å². The maximum absolute atomic E-state index is 11.5. The first-order valence-corrected chi connectivity index (χ1v) is 9.49. The first-order chi connectivity index (χ1) is 12.6. The minimum absolute atomic E-state index is 0.172. The van der Waals surface area contributed by atoms with Crippen LogP contribution in [0, 0.1) is 0 Å². The van der Waals surface area contributed by atoms with Gasteiger partial charge in [0, 0.05) is 18.6 Å². The van der Waals surface area contributed by atoms with E-state index in [9.17, 15) is 14.4 Å². The number of unbranched alkanes of at least 4 members (excludes halogenated alkanes) is 5. The molecule has 0 aliphatic carbocycles. The maximum atomic E-state index is 11.5. The molecule has 1 aliphatic heterocycles. The molecule has 0 saturated heterocycles. The predicted molar refractivity (Wildman–Crippen MR) is 96.5 cm³/mol. The third-order valence-corrected chi connectivity index (χ3v) is 3.96. The summed E-state index contributed by atoms with van der Waals surface area (Å²) in [5, 5.41) is 0. The maximum Gasteiger partial charge on any atom is 0.305 e. The number of rotatable bonds is 16. The third-order valence-electron chi connectivity index (χ3n) is 3.96. The van der Waals surface area contributed by atoms with Crippen molar-refractivity contribution in [1.82, 2.24) is 4.90 Å². The van der Waals surface area contributed by atoms with Crippen LogP contribution in [0.25, 0.3) is 0 Å². The minimum Gasteiger partial charge on any atom is -0.463 e. The van der Waals surface area contributed by atoms with Crippen LogP contribution in [-0.4, -0.2) is 62.3 Å². The number of nitrogens with zero attached hydrogens (tertiary/aromatic N) is 1. The molecule has 0 atom stereocenters. The number of imide groups is 1. The van der Waals surface area contributed by atoms with E-state index in [0.29, 0.717) is 26.2 Å². The Morgan fingerprint density at radius 1 is 0.846 bits per heavy atom. The third kappa shape index (κ3) is 10.3. The van der Waals surface area contributed by atoms with Gasteiger partial charge >= 0.3 is 5.97 Å². The Hall–Kier alpha value is -1.73. The summed E-state index contributed by atoms with van der Waals surface area (Å²) in [5.74, 6) is -0.788. The molecule has 0 radical (unpaired) electrons. The molecule has 0 saturated carbocycles. The first kappa shape index (κ1) is 22.3. The molecule has 0 aromatic rings. The lowest BCUT2D eigenvalue weighted by molar-refractivity contribution is -0.145. The lowest BCUT2D eigenvalue weighted by Crippen LogP contribution is -2.33. The van der Waals surface area contributed by atoms with Crippen LogP contribution < -0.4 is 0 Å². The van der Waals surface area contributed by atoms with E-state index in [4.69, 9.17) is 14.2 Å². The Bertz CT molecular complexity index is 445. The standard InChI is InChI=1S/C19H31NO6/c1-2-3-4-5-6-7-8-19(23)26-16-15-25-14-13-24-12-11-20-17(21)9-10-18(20)22/h9-10H,2-8,11-16H2,1H3. The van der Waals surface area contributed by atoms with E-state index in [2.05, 4.69) is 6.92 Å². The molecule has 0 aromatic carbocycles. The monoisotopic (exact) mass is 369 g/mol. The summed E-state index contributed by atoms with van der Waals surface area (Å²) in [6.07, 6.45) is 9.84. The molecule has 0 unspecified atom stereocenters. The average molecular weight is 369 g/mol.